The van der Waals surface area contributed by atoms with Gasteiger partial charge in [-0.1, -0.05) is 20.8 Å². The third kappa shape index (κ3) is 4.08. The first-order valence-electron chi connectivity index (χ1n) is 8.48. The minimum absolute atomic E-state index is 0. The first kappa shape index (κ1) is 20.0. The van der Waals surface area contributed by atoms with Gasteiger partial charge in [0.2, 0.25) is 0 Å². The highest BCUT2D eigenvalue weighted by atomic mass is 127. The summed E-state index contributed by atoms with van der Waals surface area (Å²) >= 11 is 0. The van der Waals surface area contributed by atoms with E-state index in [0.717, 1.165) is 19.0 Å². The van der Waals surface area contributed by atoms with Crippen LogP contribution in [0.5, 0.6) is 0 Å². The summed E-state index contributed by atoms with van der Waals surface area (Å²) in [5.41, 5.74) is 0.527. The van der Waals surface area contributed by atoms with Crippen molar-refractivity contribution in [2.24, 2.45) is 16.3 Å². The van der Waals surface area contributed by atoms with E-state index < -0.39 is 0 Å². The standard InChI is InChI=1S/C17H34N4.HI/c1-14(12-20-9-7-8-10-20)11-19-15(18-6)21-13-16(2,3)17(21,4)5;/h14H,7-13H2,1-6H3,(H,18,19);1H. The van der Waals surface area contributed by atoms with Gasteiger partial charge in [0.25, 0.3) is 0 Å². The SMILES string of the molecule is CN=C(NCC(C)CN1CCCC1)N1CC(C)(C)C1(C)C.I. The molecule has 0 aromatic carbocycles. The molecule has 2 aliphatic rings. The number of rotatable bonds is 4. The molecule has 0 aromatic heterocycles. The summed E-state index contributed by atoms with van der Waals surface area (Å²) in [4.78, 5) is 9.49. The molecule has 1 unspecified atom stereocenters. The second kappa shape index (κ2) is 7.69. The molecule has 22 heavy (non-hydrogen) atoms. The van der Waals surface area contributed by atoms with Crippen LogP contribution >= 0.6 is 24.0 Å². The van der Waals surface area contributed by atoms with Crippen molar-refractivity contribution in [1.82, 2.24) is 15.1 Å². The Balaban J connectivity index is 0.00000242. The molecule has 1 atom stereocenters. The fourth-order valence-corrected chi connectivity index (χ4v) is 3.43. The highest BCUT2D eigenvalue weighted by molar-refractivity contribution is 14.0. The summed E-state index contributed by atoms with van der Waals surface area (Å²) < 4.78 is 0. The highest BCUT2D eigenvalue weighted by Gasteiger charge is 2.53. The summed E-state index contributed by atoms with van der Waals surface area (Å²) in [6.07, 6.45) is 2.75. The Bertz CT molecular complexity index is 386. The van der Waals surface area contributed by atoms with Gasteiger partial charge in [-0.15, -0.1) is 24.0 Å². The Labute approximate surface area is 154 Å². The van der Waals surface area contributed by atoms with Crippen LogP contribution in [-0.2, 0) is 0 Å². The minimum Gasteiger partial charge on any atom is -0.356 e. The number of guanidine groups is 1. The zero-order valence-corrected chi connectivity index (χ0v) is 17.6. The van der Waals surface area contributed by atoms with Crippen molar-refractivity contribution >= 4 is 29.9 Å². The highest BCUT2D eigenvalue weighted by Crippen LogP contribution is 2.46. The Hall–Kier alpha value is -0.0400. The van der Waals surface area contributed by atoms with Gasteiger partial charge in [-0.2, -0.15) is 0 Å². The summed E-state index contributed by atoms with van der Waals surface area (Å²) in [5, 5.41) is 3.59. The third-order valence-corrected chi connectivity index (χ3v) is 5.73. The molecule has 2 saturated heterocycles. The Morgan fingerprint density at radius 1 is 1.18 bits per heavy atom. The molecule has 0 saturated carbocycles. The zero-order chi connectivity index (χ0) is 15.7. The molecule has 0 bridgehead atoms. The van der Waals surface area contributed by atoms with Gasteiger partial charge in [-0.05, 0) is 45.7 Å². The van der Waals surface area contributed by atoms with E-state index in [1.54, 1.807) is 0 Å². The molecule has 130 valence electrons. The lowest BCUT2D eigenvalue weighted by atomic mass is 9.65. The van der Waals surface area contributed by atoms with Crippen molar-refractivity contribution in [2.75, 3.05) is 39.8 Å². The van der Waals surface area contributed by atoms with Gasteiger partial charge < -0.3 is 15.1 Å². The van der Waals surface area contributed by atoms with Crippen LogP contribution in [0.15, 0.2) is 4.99 Å². The predicted octanol–water partition coefficient (Wildman–Crippen LogP) is 3.03. The summed E-state index contributed by atoms with van der Waals surface area (Å²) in [7, 11) is 1.90. The van der Waals surface area contributed by atoms with Crippen LogP contribution in [0.4, 0.5) is 0 Å². The van der Waals surface area contributed by atoms with E-state index in [9.17, 15) is 0 Å². The lowest BCUT2D eigenvalue weighted by Gasteiger charge is -2.62. The summed E-state index contributed by atoms with van der Waals surface area (Å²) in [6.45, 7) is 17.5. The van der Waals surface area contributed by atoms with Crippen molar-refractivity contribution < 1.29 is 0 Å². The second-order valence-corrected chi connectivity index (χ2v) is 8.07. The van der Waals surface area contributed by atoms with Crippen LogP contribution in [0, 0.1) is 11.3 Å². The van der Waals surface area contributed by atoms with E-state index in [1.807, 2.05) is 7.05 Å². The summed E-state index contributed by atoms with van der Waals surface area (Å²) in [6, 6.07) is 0. The topological polar surface area (TPSA) is 30.9 Å². The Morgan fingerprint density at radius 3 is 2.23 bits per heavy atom. The average Bonchev–Trinajstić information content (AvgIpc) is 2.90. The van der Waals surface area contributed by atoms with Crippen molar-refractivity contribution in [3.05, 3.63) is 0 Å². The predicted molar refractivity (Wildman–Crippen MR) is 106 cm³/mol. The van der Waals surface area contributed by atoms with Crippen LogP contribution in [0.2, 0.25) is 0 Å². The maximum absolute atomic E-state index is 4.49. The Morgan fingerprint density at radius 2 is 1.77 bits per heavy atom. The number of likely N-dealkylation sites (tertiary alicyclic amines) is 2. The van der Waals surface area contributed by atoms with E-state index in [2.05, 4.69) is 54.7 Å². The molecule has 4 nitrogen and oxygen atoms in total. The molecule has 2 aliphatic heterocycles. The first-order chi connectivity index (χ1) is 9.78. The van der Waals surface area contributed by atoms with Gasteiger partial charge in [-0.3, -0.25) is 4.99 Å². The van der Waals surface area contributed by atoms with Crippen molar-refractivity contribution in [3.63, 3.8) is 0 Å². The lowest BCUT2D eigenvalue weighted by Crippen LogP contribution is -2.72. The van der Waals surface area contributed by atoms with E-state index >= 15 is 0 Å². The molecule has 0 aromatic rings. The van der Waals surface area contributed by atoms with E-state index in [-0.39, 0.29) is 29.5 Å². The van der Waals surface area contributed by atoms with Crippen LogP contribution in [0.3, 0.4) is 0 Å². The van der Waals surface area contributed by atoms with Crippen molar-refractivity contribution in [3.8, 4) is 0 Å². The summed E-state index contributed by atoms with van der Waals surface area (Å²) in [5.74, 6) is 1.73. The third-order valence-electron chi connectivity index (χ3n) is 5.73. The maximum atomic E-state index is 4.49. The first-order valence-corrected chi connectivity index (χ1v) is 8.48. The van der Waals surface area contributed by atoms with Crippen LogP contribution in [0.25, 0.3) is 0 Å². The van der Waals surface area contributed by atoms with E-state index in [1.165, 1.54) is 32.5 Å². The smallest absolute Gasteiger partial charge is 0.194 e. The number of hydrogen-bond acceptors (Lipinski definition) is 2. The Kier molecular flexibility index (Phi) is 6.99. The van der Waals surface area contributed by atoms with Crippen LogP contribution in [-0.4, -0.2) is 61.1 Å². The van der Waals surface area contributed by atoms with Crippen molar-refractivity contribution in [2.45, 2.75) is 53.0 Å². The van der Waals surface area contributed by atoms with Gasteiger partial charge in [-0.25, -0.2) is 0 Å². The zero-order valence-electron chi connectivity index (χ0n) is 15.3. The molecular weight excluding hydrogens is 387 g/mol. The molecular formula is C17H35IN4. The van der Waals surface area contributed by atoms with Gasteiger partial charge in [0.05, 0.1) is 0 Å². The van der Waals surface area contributed by atoms with Gasteiger partial charge >= 0.3 is 0 Å². The second-order valence-electron chi connectivity index (χ2n) is 8.07. The normalized spacial score (nSPS) is 25.4. The number of nitrogens with one attached hydrogen (secondary N) is 1. The molecule has 0 radical (unpaired) electrons. The van der Waals surface area contributed by atoms with Crippen LogP contribution < -0.4 is 5.32 Å². The molecule has 5 heteroatoms. The minimum atomic E-state index is 0. The molecule has 2 heterocycles. The van der Waals surface area contributed by atoms with Gasteiger partial charge in [0, 0.05) is 37.6 Å². The molecule has 0 aliphatic carbocycles. The molecule has 1 N–H and O–H groups in total. The maximum Gasteiger partial charge on any atom is 0.194 e. The molecule has 2 rings (SSSR count). The van der Waals surface area contributed by atoms with E-state index in [0.29, 0.717) is 11.3 Å². The lowest BCUT2D eigenvalue weighted by molar-refractivity contribution is -0.0668. The number of nitrogens with zero attached hydrogens (tertiary/aromatic N) is 3. The molecule has 0 spiro atoms. The fourth-order valence-electron chi connectivity index (χ4n) is 3.43. The average molecular weight is 422 g/mol. The van der Waals surface area contributed by atoms with Gasteiger partial charge in [0.15, 0.2) is 5.96 Å². The van der Waals surface area contributed by atoms with E-state index in [4.69, 9.17) is 0 Å². The number of halogens is 1. The monoisotopic (exact) mass is 422 g/mol. The fraction of sp³-hybridized carbons (Fsp3) is 0.941. The molecule has 0 amide bonds. The molecule has 2 fully saturated rings. The largest absolute Gasteiger partial charge is 0.356 e. The number of hydrogen-bond donors (Lipinski definition) is 1. The van der Waals surface area contributed by atoms with Crippen LogP contribution in [0.1, 0.15) is 47.5 Å². The van der Waals surface area contributed by atoms with Gasteiger partial charge in [0.1, 0.15) is 0 Å². The quantitative estimate of drug-likeness (QED) is 0.429. The number of aliphatic imine (C=N–C) groups is 1. The van der Waals surface area contributed by atoms with Crippen molar-refractivity contribution in [1.29, 1.82) is 0 Å².